The largest absolute Gasteiger partial charge is 0.466 e. The Bertz CT molecular complexity index is 1380. The molecule has 2 heterocycles. The second kappa shape index (κ2) is 11.3. The molecular formula is C27H25N3O9. The van der Waals surface area contributed by atoms with Gasteiger partial charge in [0, 0.05) is 30.0 Å². The molecule has 0 N–H and O–H groups in total. The topological polar surface area (TPSA) is 159 Å². The number of nitrogens with zero attached hydrogens (tertiary/aromatic N) is 3. The summed E-state index contributed by atoms with van der Waals surface area (Å²) >= 11 is 0. The Balaban J connectivity index is 1.93. The molecule has 0 saturated carbocycles. The summed E-state index contributed by atoms with van der Waals surface area (Å²) in [5.41, 5.74) is 0.828. The third-order valence-electron chi connectivity index (χ3n) is 6.62. The fourth-order valence-electron chi connectivity index (χ4n) is 5.05. The summed E-state index contributed by atoms with van der Waals surface area (Å²) in [6.45, 7) is 3.32. The molecule has 1 fully saturated rings. The average Bonchev–Trinajstić information content (AvgIpc) is 3.17. The normalized spacial score (nSPS) is 21.9. The lowest BCUT2D eigenvalue weighted by Gasteiger charge is -2.35. The second-order valence-electron chi connectivity index (χ2n) is 8.85. The van der Waals surface area contributed by atoms with Gasteiger partial charge in [0.25, 0.3) is 11.4 Å². The number of rotatable bonds is 9. The number of ketones is 1. The number of ether oxygens (including phenoxy) is 2. The summed E-state index contributed by atoms with van der Waals surface area (Å²) in [4.78, 5) is 62.7. The highest BCUT2D eigenvalue weighted by molar-refractivity contribution is 6.03. The quantitative estimate of drug-likeness (QED) is 0.201. The van der Waals surface area contributed by atoms with E-state index in [4.69, 9.17) is 9.47 Å². The standard InChI is InChI=1S/C27H25N3O9/c1-3-38-26(32)23-20-12-13-22(31)25(24(23)27(33)39-4-2)28(20)21(17-8-10-18(11-9-17)29(34)35)15-16-6-5-7-19(14-16)30(36)37/h5-15,20,23-25H,3-4H2,1-2H3/b21-15+. The van der Waals surface area contributed by atoms with Crippen molar-refractivity contribution in [3.05, 3.63) is 92.0 Å². The van der Waals surface area contributed by atoms with Crippen molar-refractivity contribution >= 4 is 40.9 Å². The Morgan fingerprint density at radius 2 is 1.54 bits per heavy atom. The zero-order valence-corrected chi connectivity index (χ0v) is 21.1. The fraction of sp³-hybridized carbons (Fsp3) is 0.296. The summed E-state index contributed by atoms with van der Waals surface area (Å²) in [6, 6.07) is 9.34. The van der Waals surface area contributed by atoms with Gasteiger partial charge in [-0.1, -0.05) is 18.2 Å². The molecule has 2 aromatic carbocycles. The minimum atomic E-state index is -1.19. The average molecular weight is 536 g/mol. The van der Waals surface area contributed by atoms with Crippen molar-refractivity contribution in [3.8, 4) is 0 Å². The van der Waals surface area contributed by atoms with Crippen molar-refractivity contribution in [3.63, 3.8) is 0 Å². The lowest BCUT2D eigenvalue weighted by atomic mass is 9.87. The summed E-state index contributed by atoms with van der Waals surface area (Å²) in [7, 11) is 0. The van der Waals surface area contributed by atoms with E-state index in [9.17, 15) is 34.6 Å². The smallest absolute Gasteiger partial charge is 0.312 e. The molecule has 39 heavy (non-hydrogen) atoms. The number of fused-ring (bicyclic) bond motifs is 2. The van der Waals surface area contributed by atoms with Gasteiger partial charge >= 0.3 is 11.9 Å². The van der Waals surface area contributed by atoms with Gasteiger partial charge in [0.1, 0.15) is 12.0 Å². The van der Waals surface area contributed by atoms with E-state index < -0.39 is 51.5 Å². The Morgan fingerprint density at radius 1 is 0.923 bits per heavy atom. The number of benzene rings is 2. The third-order valence-corrected chi connectivity index (χ3v) is 6.62. The Labute approximate surface area is 222 Å². The van der Waals surface area contributed by atoms with Gasteiger partial charge in [-0.2, -0.15) is 0 Å². The number of carbonyl (C=O) groups excluding carboxylic acids is 3. The fourth-order valence-corrected chi connectivity index (χ4v) is 5.05. The molecule has 4 atom stereocenters. The van der Waals surface area contributed by atoms with Crippen molar-refractivity contribution in [2.24, 2.45) is 11.8 Å². The van der Waals surface area contributed by atoms with Crippen LogP contribution >= 0.6 is 0 Å². The molecule has 0 spiro atoms. The lowest BCUT2D eigenvalue weighted by molar-refractivity contribution is -0.385. The van der Waals surface area contributed by atoms with E-state index in [0.717, 1.165) is 0 Å². The van der Waals surface area contributed by atoms with E-state index in [1.807, 2.05) is 0 Å². The van der Waals surface area contributed by atoms with Crippen molar-refractivity contribution in [1.29, 1.82) is 0 Å². The van der Waals surface area contributed by atoms with E-state index >= 15 is 0 Å². The Morgan fingerprint density at radius 3 is 2.13 bits per heavy atom. The van der Waals surface area contributed by atoms with Crippen LogP contribution in [0.3, 0.4) is 0 Å². The predicted molar refractivity (Wildman–Crippen MR) is 138 cm³/mol. The molecule has 2 aliphatic heterocycles. The van der Waals surface area contributed by atoms with Crippen LogP contribution in [0.2, 0.25) is 0 Å². The molecule has 0 radical (unpaired) electrons. The second-order valence-corrected chi connectivity index (χ2v) is 8.85. The molecule has 0 aromatic heterocycles. The maximum atomic E-state index is 13.3. The minimum Gasteiger partial charge on any atom is -0.466 e. The maximum Gasteiger partial charge on any atom is 0.312 e. The Kier molecular flexibility index (Phi) is 7.84. The van der Waals surface area contributed by atoms with Gasteiger partial charge in [-0.15, -0.1) is 0 Å². The van der Waals surface area contributed by atoms with Crippen LogP contribution in [0.25, 0.3) is 11.8 Å². The number of nitro benzene ring substituents is 2. The van der Waals surface area contributed by atoms with Crippen LogP contribution in [0.4, 0.5) is 11.4 Å². The van der Waals surface area contributed by atoms with Crippen molar-refractivity contribution < 1.29 is 33.7 Å². The van der Waals surface area contributed by atoms with Crippen LogP contribution in [0, 0.1) is 32.1 Å². The number of hydrogen-bond acceptors (Lipinski definition) is 10. The molecule has 0 amide bonds. The number of esters is 2. The highest BCUT2D eigenvalue weighted by atomic mass is 16.6. The monoisotopic (exact) mass is 535 g/mol. The molecular weight excluding hydrogens is 510 g/mol. The van der Waals surface area contributed by atoms with Gasteiger partial charge in [0.05, 0.1) is 35.0 Å². The van der Waals surface area contributed by atoms with Crippen LogP contribution in [-0.2, 0) is 23.9 Å². The molecule has 0 aliphatic carbocycles. The molecule has 4 unspecified atom stereocenters. The first-order valence-electron chi connectivity index (χ1n) is 12.2. The van der Waals surface area contributed by atoms with Crippen molar-refractivity contribution in [1.82, 2.24) is 4.90 Å². The van der Waals surface area contributed by atoms with E-state index in [0.29, 0.717) is 16.8 Å². The lowest BCUT2D eigenvalue weighted by Crippen LogP contribution is -2.44. The van der Waals surface area contributed by atoms with Crippen LogP contribution in [-0.4, -0.2) is 57.8 Å². The summed E-state index contributed by atoms with van der Waals surface area (Å²) in [5.74, 6) is -4.12. The third kappa shape index (κ3) is 5.26. The zero-order valence-electron chi connectivity index (χ0n) is 21.1. The van der Waals surface area contributed by atoms with Gasteiger partial charge in [-0.25, -0.2) is 0 Å². The molecule has 2 aliphatic rings. The van der Waals surface area contributed by atoms with Gasteiger partial charge in [-0.3, -0.25) is 34.6 Å². The van der Waals surface area contributed by atoms with E-state index in [-0.39, 0.29) is 24.6 Å². The van der Waals surface area contributed by atoms with Crippen LogP contribution < -0.4 is 0 Å². The van der Waals surface area contributed by atoms with Gasteiger partial charge in [0.2, 0.25) is 0 Å². The molecule has 12 heteroatoms. The highest BCUT2D eigenvalue weighted by Gasteiger charge is 2.60. The van der Waals surface area contributed by atoms with Crippen LogP contribution in [0.5, 0.6) is 0 Å². The maximum absolute atomic E-state index is 13.3. The van der Waals surface area contributed by atoms with Crippen LogP contribution in [0.1, 0.15) is 25.0 Å². The molecule has 1 saturated heterocycles. The number of carbonyl (C=O) groups is 3. The van der Waals surface area contributed by atoms with E-state index in [2.05, 4.69) is 0 Å². The van der Waals surface area contributed by atoms with E-state index in [1.54, 1.807) is 30.9 Å². The van der Waals surface area contributed by atoms with Crippen LogP contribution in [0.15, 0.2) is 60.7 Å². The Hall–Kier alpha value is -4.87. The highest BCUT2D eigenvalue weighted by Crippen LogP contribution is 2.46. The zero-order chi connectivity index (χ0) is 28.3. The first-order chi connectivity index (χ1) is 18.7. The summed E-state index contributed by atoms with van der Waals surface area (Å²) < 4.78 is 10.5. The number of nitro groups is 2. The van der Waals surface area contributed by atoms with Gasteiger partial charge < -0.3 is 14.4 Å². The minimum absolute atomic E-state index is 0.0304. The van der Waals surface area contributed by atoms with E-state index in [1.165, 1.54) is 54.6 Å². The van der Waals surface area contributed by atoms with Crippen molar-refractivity contribution in [2.45, 2.75) is 25.9 Å². The SMILES string of the molecule is CCOC(=O)C1C(C(=O)OCC)C2C(=O)C=CC1N2/C(=C/c1cccc([N+](=O)[O-])c1)c1ccc([N+](=O)[O-])cc1. The van der Waals surface area contributed by atoms with Crippen molar-refractivity contribution in [2.75, 3.05) is 13.2 Å². The number of non-ortho nitro benzene ring substituents is 2. The first kappa shape index (κ1) is 27.2. The molecule has 202 valence electrons. The first-order valence-corrected chi connectivity index (χ1v) is 12.2. The van der Waals surface area contributed by atoms with Gasteiger partial charge in [-0.05, 0) is 49.3 Å². The molecule has 2 aromatic rings. The van der Waals surface area contributed by atoms with Gasteiger partial charge in [0.15, 0.2) is 5.78 Å². The predicted octanol–water partition coefficient (Wildman–Crippen LogP) is 3.55. The number of hydrogen-bond donors (Lipinski definition) is 0. The summed E-state index contributed by atoms with van der Waals surface area (Å²) in [6.07, 6.45) is 4.42. The molecule has 4 rings (SSSR count). The molecule has 2 bridgehead atoms. The summed E-state index contributed by atoms with van der Waals surface area (Å²) in [5, 5.41) is 22.6. The molecule has 12 nitrogen and oxygen atoms in total.